The monoisotopic (exact) mass is 429 g/mol. The average Bonchev–Trinajstić information content (AvgIpc) is 2.80. The van der Waals surface area contributed by atoms with Gasteiger partial charge in [0, 0.05) is 10.4 Å². The number of halogens is 1. The molecular weight excluding hydrogens is 414 g/mol. The first-order chi connectivity index (χ1) is 15.1. The quantitative estimate of drug-likeness (QED) is 0.212. The highest BCUT2D eigenvalue weighted by Gasteiger charge is 2.09. The molecule has 1 heterocycles. The number of nitrogens with one attached hydrogen (secondary N) is 1. The Morgan fingerprint density at radius 1 is 0.935 bits per heavy atom. The van der Waals surface area contributed by atoms with E-state index in [1.54, 1.807) is 48.5 Å². The van der Waals surface area contributed by atoms with Crippen LogP contribution in [0.25, 0.3) is 10.9 Å². The molecule has 0 aliphatic heterocycles. The summed E-state index contributed by atoms with van der Waals surface area (Å²) in [5.41, 5.74) is 4.55. The Hall–Kier alpha value is -4.03. The maximum atomic E-state index is 12.3. The van der Waals surface area contributed by atoms with Crippen molar-refractivity contribution in [1.82, 2.24) is 10.4 Å². The van der Waals surface area contributed by atoms with Crippen molar-refractivity contribution in [2.24, 2.45) is 5.10 Å². The van der Waals surface area contributed by atoms with E-state index in [9.17, 15) is 9.59 Å². The van der Waals surface area contributed by atoms with Gasteiger partial charge in [0.05, 0.1) is 17.3 Å². The normalized spacial score (nSPS) is 10.9. The minimum Gasteiger partial charge on any atom is -0.423 e. The number of fused-ring (bicyclic) bond motifs is 1. The van der Waals surface area contributed by atoms with E-state index in [1.165, 1.54) is 12.3 Å². The van der Waals surface area contributed by atoms with Crippen molar-refractivity contribution in [2.75, 3.05) is 0 Å². The van der Waals surface area contributed by atoms with Crippen molar-refractivity contribution in [1.29, 1.82) is 0 Å². The van der Waals surface area contributed by atoms with E-state index in [4.69, 9.17) is 16.3 Å². The number of para-hydroxylation sites is 1. The molecule has 0 saturated heterocycles. The lowest BCUT2D eigenvalue weighted by molar-refractivity contribution is 0.0734. The summed E-state index contributed by atoms with van der Waals surface area (Å²) < 4.78 is 5.33. The second-order valence-electron chi connectivity index (χ2n) is 6.56. The molecule has 1 aromatic heterocycles. The van der Waals surface area contributed by atoms with Gasteiger partial charge in [0.1, 0.15) is 11.4 Å². The van der Waals surface area contributed by atoms with Gasteiger partial charge in [-0.15, -0.1) is 0 Å². The molecule has 0 aliphatic rings. The number of rotatable bonds is 5. The topological polar surface area (TPSA) is 80.6 Å². The molecule has 0 radical (unpaired) electrons. The van der Waals surface area contributed by atoms with Crippen molar-refractivity contribution in [3.8, 4) is 5.75 Å². The van der Waals surface area contributed by atoms with Crippen LogP contribution >= 0.6 is 11.6 Å². The Bertz CT molecular complexity index is 1290. The highest BCUT2D eigenvalue weighted by molar-refractivity contribution is 6.30. The van der Waals surface area contributed by atoms with Gasteiger partial charge in [-0.25, -0.2) is 15.2 Å². The standard InChI is InChI=1S/C24H16ClN3O3/c25-19-6-3-5-18(14-19)24(30)31-20-11-8-16(9-12-20)15-26-28-23(29)22-13-10-17-4-1-2-7-21(17)27-22/h1-15H,(H,28,29)/b26-15-. The number of carbonyl (C=O) groups is 2. The highest BCUT2D eigenvalue weighted by Crippen LogP contribution is 2.16. The number of pyridine rings is 1. The summed E-state index contributed by atoms with van der Waals surface area (Å²) in [6.45, 7) is 0. The van der Waals surface area contributed by atoms with Gasteiger partial charge in [0.15, 0.2) is 0 Å². The fourth-order valence-corrected chi connectivity index (χ4v) is 3.01. The molecule has 1 amide bonds. The van der Waals surface area contributed by atoms with Crippen LogP contribution in [0.3, 0.4) is 0 Å². The number of aromatic nitrogens is 1. The van der Waals surface area contributed by atoms with Crippen LogP contribution in [0.4, 0.5) is 0 Å². The first-order valence-corrected chi connectivity index (χ1v) is 9.73. The van der Waals surface area contributed by atoms with Crippen molar-refractivity contribution in [2.45, 2.75) is 0 Å². The van der Waals surface area contributed by atoms with Crippen molar-refractivity contribution >= 4 is 40.6 Å². The Morgan fingerprint density at radius 2 is 1.74 bits per heavy atom. The average molecular weight is 430 g/mol. The third kappa shape index (κ3) is 5.12. The molecule has 0 bridgehead atoms. The van der Waals surface area contributed by atoms with Gasteiger partial charge in [-0.3, -0.25) is 4.79 Å². The Labute approximate surface area is 183 Å². The zero-order valence-electron chi connectivity index (χ0n) is 16.2. The minimum absolute atomic E-state index is 0.277. The van der Waals surface area contributed by atoms with Crippen LogP contribution in [0.2, 0.25) is 5.02 Å². The van der Waals surface area contributed by atoms with Gasteiger partial charge >= 0.3 is 5.97 Å². The Morgan fingerprint density at radius 3 is 2.55 bits per heavy atom. The van der Waals surface area contributed by atoms with Crippen LogP contribution in [0.5, 0.6) is 5.75 Å². The lowest BCUT2D eigenvalue weighted by atomic mass is 10.2. The molecule has 1 N–H and O–H groups in total. The van der Waals surface area contributed by atoms with E-state index >= 15 is 0 Å². The molecule has 0 aliphatic carbocycles. The molecule has 7 heteroatoms. The number of benzene rings is 3. The number of nitrogens with zero attached hydrogens (tertiary/aromatic N) is 2. The van der Waals surface area contributed by atoms with Gasteiger partial charge in [0.2, 0.25) is 0 Å². The van der Waals surface area contributed by atoms with Crippen LogP contribution in [0, 0.1) is 0 Å². The minimum atomic E-state index is -0.501. The number of hydrazone groups is 1. The SMILES string of the molecule is O=C(Oc1ccc(/C=N\NC(=O)c2ccc3ccccc3n2)cc1)c1cccc(Cl)c1. The summed E-state index contributed by atoms with van der Waals surface area (Å²) in [7, 11) is 0. The third-order valence-corrected chi connectivity index (χ3v) is 4.60. The summed E-state index contributed by atoms with van der Waals surface area (Å²) >= 11 is 5.89. The van der Waals surface area contributed by atoms with E-state index in [2.05, 4.69) is 15.5 Å². The smallest absolute Gasteiger partial charge is 0.343 e. The summed E-state index contributed by atoms with van der Waals surface area (Å²) in [5.74, 6) is -0.528. The summed E-state index contributed by atoms with van der Waals surface area (Å²) in [6, 6.07) is 24.3. The maximum absolute atomic E-state index is 12.3. The number of amides is 1. The molecule has 0 unspecified atom stereocenters. The fraction of sp³-hybridized carbons (Fsp3) is 0. The second-order valence-corrected chi connectivity index (χ2v) is 6.99. The predicted molar refractivity (Wildman–Crippen MR) is 120 cm³/mol. The van der Waals surface area contributed by atoms with Crippen LogP contribution < -0.4 is 10.2 Å². The zero-order valence-corrected chi connectivity index (χ0v) is 16.9. The molecular formula is C24H16ClN3O3. The molecule has 152 valence electrons. The van der Waals surface area contributed by atoms with Gasteiger partial charge in [-0.05, 0) is 60.2 Å². The Balaban J connectivity index is 1.35. The molecule has 4 aromatic rings. The first kappa shape index (κ1) is 20.3. The lowest BCUT2D eigenvalue weighted by Crippen LogP contribution is -2.18. The largest absolute Gasteiger partial charge is 0.423 e. The molecule has 0 fully saturated rings. The zero-order chi connectivity index (χ0) is 21.6. The lowest BCUT2D eigenvalue weighted by Gasteiger charge is -2.05. The van der Waals surface area contributed by atoms with Gasteiger partial charge < -0.3 is 4.74 Å². The summed E-state index contributed by atoms with van der Waals surface area (Å²) in [4.78, 5) is 28.7. The summed E-state index contributed by atoms with van der Waals surface area (Å²) in [6.07, 6.45) is 1.49. The van der Waals surface area contributed by atoms with Crippen LogP contribution in [0.1, 0.15) is 26.4 Å². The predicted octanol–water partition coefficient (Wildman–Crippen LogP) is 4.87. The van der Waals surface area contributed by atoms with Crippen LogP contribution in [-0.2, 0) is 0 Å². The van der Waals surface area contributed by atoms with Crippen molar-refractivity contribution < 1.29 is 14.3 Å². The van der Waals surface area contributed by atoms with Gasteiger partial charge in [-0.1, -0.05) is 41.9 Å². The van der Waals surface area contributed by atoms with Gasteiger partial charge in [-0.2, -0.15) is 5.10 Å². The molecule has 3 aromatic carbocycles. The van der Waals surface area contributed by atoms with E-state index in [0.29, 0.717) is 21.9 Å². The molecule has 0 atom stereocenters. The maximum Gasteiger partial charge on any atom is 0.343 e. The van der Waals surface area contributed by atoms with Crippen molar-refractivity contribution in [3.63, 3.8) is 0 Å². The molecule has 0 saturated carbocycles. The second kappa shape index (κ2) is 9.19. The number of esters is 1. The van der Waals surface area contributed by atoms with Gasteiger partial charge in [0.25, 0.3) is 5.91 Å². The van der Waals surface area contributed by atoms with E-state index in [0.717, 1.165) is 10.9 Å². The highest BCUT2D eigenvalue weighted by atomic mass is 35.5. The number of hydrogen-bond donors (Lipinski definition) is 1. The van der Waals surface area contributed by atoms with Crippen molar-refractivity contribution in [3.05, 3.63) is 107 Å². The number of hydrogen-bond acceptors (Lipinski definition) is 5. The van der Waals surface area contributed by atoms with E-state index < -0.39 is 11.9 Å². The van der Waals surface area contributed by atoms with E-state index in [-0.39, 0.29) is 5.69 Å². The molecule has 6 nitrogen and oxygen atoms in total. The Kier molecular flexibility index (Phi) is 6.01. The summed E-state index contributed by atoms with van der Waals surface area (Å²) in [5, 5.41) is 5.38. The van der Waals surface area contributed by atoms with Crippen LogP contribution in [0.15, 0.2) is 90.0 Å². The number of carbonyl (C=O) groups excluding carboxylic acids is 2. The van der Waals surface area contributed by atoms with Crippen LogP contribution in [-0.4, -0.2) is 23.1 Å². The molecule has 4 rings (SSSR count). The first-order valence-electron chi connectivity index (χ1n) is 9.35. The third-order valence-electron chi connectivity index (χ3n) is 4.36. The molecule has 0 spiro atoms. The van der Waals surface area contributed by atoms with E-state index in [1.807, 2.05) is 30.3 Å². The number of ether oxygens (including phenoxy) is 1. The molecule has 31 heavy (non-hydrogen) atoms. The fourth-order valence-electron chi connectivity index (χ4n) is 2.82.